The lowest BCUT2D eigenvalue weighted by atomic mass is 9.92. The molecule has 1 heterocycles. The Balaban J connectivity index is 1.75. The summed E-state index contributed by atoms with van der Waals surface area (Å²) in [5.41, 5.74) is 1.53. The van der Waals surface area contributed by atoms with Gasteiger partial charge in [-0.2, -0.15) is 0 Å². The molecule has 1 aromatic rings. The van der Waals surface area contributed by atoms with Gasteiger partial charge in [-0.05, 0) is 62.1 Å². The monoisotopic (exact) mass is 401 g/mol. The number of benzene rings is 1. The Kier molecular flexibility index (Phi) is 9.15. The standard InChI is InChI=1S/C24H39N3O2/c1-17(2)22(26-23(28)21-11-7-6-10-20(21)5)24(29)25-12-8-9-13-27-15-18(3)14-19(4)16-27/h6-7,10-11,17-19,22H,8-9,12-16H2,1-5H3,(H,25,29)(H,26,28). The van der Waals surface area contributed by atoms with Gasteiger partial charge in [0.2, 0.25) is 5.91 Å². The van der Waals surface area contributed by atoms with E-state index in [-0.39, 0.29) is 17.7 Å². The number of likely N-dealkylation sites (tertiary alicyclic amines) is 1. The summed E-state index contributed by atoms with van der Waals surface area (Å²) < 4.78 is 0. The second-order valence-electron chi connectivity index (χ2n) is 9.21. The molecular weight excluding hydrogens is 362 g/mol. The lowest BCUT2D eigenvalue weighted by Gasteiger charge is -2.35. The van der Waals surface area contributed by atoms with Crippen LogP contribution in [0.4, 0.5) is 0 Å². The van der Waals surface area contributed by atoms with Crippen LogP contribution >= 0.6 is 0 Å². The molecule has 1 saturated heterocycles. The fraction of sp³-hybridized carbons (Fsp3) is 0.667. The molecule has 2 amide bonds. The Morgan fingerprint density at radius 2 is 1.76 bits per heavy atom. The SMILES string of the molecule is Cc1ccccc1C(=O)NC(C(=O)NCCCCN1CC(C)CC(C)C1)C(C)C. The summed E-state index contributed by atoms with van der Waals surface area (Å²) in [7, 11) is 0. The van der Waals surface area contributed by atoms with Gasteiger partial charge < -0.3 is 15.5 Å². The van der Waals surface area contributed by atoms with E-state index in [1.165, 1.54) is 19.5 Å². The molecule has 2 rings (SSSR count). The van der Waals surface area contributed by atoms with Crippen molar-refractivity contribution in [2.45, 2.75) is 59.9 Å². The maximum absolute atomic E-state index is 12.7. The van der Waals surface area contributed by atoms with Gasteiger partial charge in [-0.15, -0.1) is 0 Å². The molecule has 162 valence electrons. The maximum atomic E-state index is 12.7. The van der Waals surface area contributed by atoms with Gasteiger partial charge in [-0.1, -0.05) is 45.9 Å². The van der Waals surface area contributed by atoms with Crippen LogP contribution in [0, 0.1) is 24.7 Å². The Labute approximate surface area is 176 Å². The van der Waals surface area contributed by atoms with Crippen LogP contribution in [-0.4, -0.2) is 48.9 Å². The predicted octanol–water partition coefficient (Wildman–Crippen LogP) is 3.62. The van der Waals surface area contributed by atoms with Gasteiger partial charge in [0.05, 0.1) is 0 Å². The summed E-state index contributed by atoms with van der Waals surface area (Å²) in [5.74, 6) is 1.30. The average Bonchev–Trinajstić information content (AvgIpc) is 2.64. The van der Waals surface area contributed by atoms with E-state index in [0.717, 1.165) is 36.8 Å². The first-order valence-corrected chi connectivity index (χ1v) is 11.1. The lowest BCUT2D eigenvalue weighted by molar-refractivity contribution is -0.123. The molecule has 0 radical (unpaired) electrons. The second-order valence-corrected chi connectivity index (χ2v) is 9.21. The van der Waals surface area contributed by atoms with Crippen molar-refractivity contribution in [2.75, 3.05) is 26.2 Å². The summed E-state index contributed by atoms with van der Waals surface area (Å²) in [6.45, 7) is 14.6. The lowest BCUT2D eigenvalue weighted by Crippen LogP contribution is -2.50. The van der Waals surface area contributed by atoms with Gasteiger partial charge in [0.1, 0.15) is 6.04 Å². The van der Waals surface area contributed by atoms with Crippen molar-refractivity contribution in [1.29, 1.82) is 0 Å². The molecule has 5 heteroatoms. The first-order valence-electron chi connectivity index (χ1n) is 11.1. The van der Waals surface area contributed by atoms with Gasteiger partial charge in [0, 0.05) is 25.2 Å². The van der Waals surface area contributed by atoms with Crippen LogP contribution < -0.4 is 10.6 Å². The molecule has 29 heavy (non-hydrogen) atoms. The van der Waals surface area contributed by atoms with Crippen LogP contribution in [0.1, 0.15) is 62.9 Å². The smallest absolute Gasteiger partial charge is 0.252 e. The molecular formula is C24H39N3O2. The van der Waals surface area contributed by atoms with Crippen molar-refractivity contribution < 1.29 is 9.59 Å². The summed E-state index contributed by atoms with van der Waals surface area (Å²) >= 11 is 0. The summed E-state index contributed by atoms with van der Waals surface area (Å²) in [4.78, 5) is 27.8. The number of nitrogens with zero attached hydrogens (tertiary/aromatic N) is 1. The Morgan fingerprint density at radius 1 is 1.10 bits per heavy atom. The van der Waals surface area contributed by atoms with Crippen molar-refractivity contribution in [3.63, 3.8) is 0 Å². The highest BCUT2D eigenvalue weighted by molar-refractivity contribution is 5.98. The van der Waals surface area contributed by atoms with Crippen molar-refractivity contribution in [1.82, 2.24) is 15.5 Å². The summed E-state index contributed by atoms with van der Waals surface area (Å²) in [5, 5.41) is 5.94. The number of amides is 2. The average molecular weight is 402 g/mol. The highest BCUT2D eigenvalue weighted by Crippen LogP contribution is 2.21. The van der Waals surface area contributed by atoms with E-state index >= 15 is 0 Å². The fourth-order valence-corrected chi connectivity index (χ4v) is 4.34. The fourth-order valence-electron chi connectivity index (χ4n) is 4.34. The van der Waals surface area contributed by atoms with Gasteiger partial charge in [0.15, 0.2) is 0 Å². The minimum Gasteiger partial charge on any atom is -0.354 e. The molecule has 1 aliphatic heterocycles. The Hall–Kier alpha value is -1.88. The quantitative estimate of drug-likeness (QED) is 0.621. The molecule has 0 saturated carbocycles. The van der Waals surface area contributed by atoms with E-state index in [0.29, 0.717) is 12.1 Å². The van der Waals surface area contributed by atoms with Crippen LogP contribution in [0.3, 0.4) is 0 Å². The zero-order valence-electron chi connectivity index (χ0n) is 18.8. The normalized spacial score (nSPS) is 21.0. The van der Waals surface area contributed by atoms with E-state index in [1.807, 2.05) is 39.0 Å². The van der Waals surface area contributed by atoms with Crippen LogP contribution in [0.25, 0.3) is 0 Å². The molecule has 0 aromatic heterocycles. The Bertz CT molecular complexity index is 664. The van der Waals surface area contributed by atoms with Crippen molar-refractivity contribution in [2.24, 2.45) is 17.8 Å². The van der Waals surface area contributed by atoms with E-state index in [2.05, 4.69) is 29.4 Å². The zero-order chi connectivity index (χ0) is 21.4. The number of hydrogen-bond acceptors (Lipinski definition) is 3. The predicted molar refractivity (Wildman–Crippen MR) is 119 cm³/mol. The third-order valence-corrected chi connectivity index (χ3v) is 5.77. The number of nitrogens with one attached hydrogen (secondary N) is 2. The van der Waals surface area contributed by atoms with Gasteiger partial charge >= 0.3 is 0 Å². The number of hydrogen-bond donors (Lipinski definition) is 2. The topological polar surface area (TPSA) is 61.4 Å². The van der Waals surface area contributed by atoms with Crippen LogP contribution in [-0.2, 0) is 4.79 Å². The number of rotatable bonds is 9. The molecule has 0 aliphatic carbocycles. The molecule has 1 aromatic carbocycles. The highest BCUT2D eigenvalue weighted by Gasteiger charge is 2.25. The zero-order valence-corrected chi connectivity index (χ0v) is 18.8. The molecule has 1 fully saturated rings. The molecule has 3 unspecified atom stereocenters. The molecule has 0 bridgehead atoms. The van der Waals surface area contributed by atoms with E-state index in [9.17, 15) is 9.59 Å². The van der Waals surface area contributed by atoms with E-state index in [4.69, 9.17) is 0 Å². The van der Waals surface area contributed by atoms with Crippen LogP contribution in [0.5, 0.6) is 0 Å². The second kappa shape index (κ2) is 11.3. The van der Waals surface area contributed by atoms with Gasteiger partial charge in [0.25, 0.3) is 5.91 Å². The van der Waals surface area contributed by atoms with Gasteiger partial charge in [-0.3, -0.25) is 9.59 Å². The van der Waals surface area contributed by atoms with Crippen molar-refractivity contribution in [3.05, 3.63) is 35.4 Å². The maximum Gasteiger partial charge on any atom is 0.252 e. The summed E-state index contributed by atoms with van der Waals surface area (Å²) in [6, 6.07) is 6.93. The largest absolute Gasteiger partial charge is 0.354 e. The first kappa shape index (κ1) is 23.4. The van der Waals surface area contributed by atoms with Crippen LogP contribution in [0.2, 0.25) is 0 Å². The van der Waals surface area contributed by atoms with E-state index in [1.54, 1.807) is 6.07 Å². The van der Waals surface area contributed by atoms with Gasteiger partial charge in [-0.25, -0.2) is 0 Å². The molecule has 1 aliphatic rings. The van der Waals surface area contributed by atoms with Crippen molar-refractivity contribution >= 4 is 11.8 Å². The minimum absolute atomic E-state index is 0.0271. The molecule has 2 N–H and O–H groups in total. The molecule has 0 spiro atoms. The number of carbonyl (C=O) groups excluding carboxylic acids is 2. The molecule has 3 atom stereocenters. The molecule has 5 nitrogen and oxygen atoms in total. The number of aryl methyl sites for hydroxylation is 1. The number of carbonyl (C=O) groups is 2. The third-order valence-electron chi connectivity index (χ3n) is 5.77. The number of piperidine rings is 1. The van der Waals surface area contributed by atoms with Crippen LogP contribution in [0.15, 0.2) is 24.3 Å². The van der Waals surface area contributed by atoms with Crippen molar-refractivity contribution in [3.8, 4) is 0 Å². The van der Waals surface area contributed by atoms with E-state index < -0.39 is 6.04 Å². The number of unbranched alkanes of at least 4 members (excludes halogenated alkanes) is 1. The summed E-state index contributed by atoms with van der Waals surface area (Å²) in [6.07, 6.45) is 3.38. The minimum atomic E-state index is -0.522. The highest BCUT2D eigenvalue weighted by atomic mass is 16.2. The Morgan fingerprint density at radius 3 is 2.38 bits per heavy atom. The third kappa shape index (κ3) is 7.46. The first-order chi connectivity index (χ1) is 13.8.